The fourth-order valence-corrected chi connectivity index (χ4v) is 2.95. The molecule has 1 rings (SSSR count). The molecule has 1 heterocycles. The van der Waals surface area contributed by atoms with Crippen molar-refractivity contribution < 1.29 is 0 Å². The number of hydrogen-bond donors (Lipinski definition) is 2. The summed E-state index contributed by atoms with van der Waals surface area (Å²) >= 11 is 1.66. The lowest BCUT2D eigenvalue weighted by Crippen LogP contribution is -2.46. The van der Waals surface area contributed by atoms with E-state index in [1.807, 2.05) is 13.1 Å². The van der Waals surface area contributed by atoms with E-state index in [1.54, 1.807) is 18.0 Å². The summed E-state index contributed by atoms with van der Waals surface area (Å²) in [4.78, 5) is 7.24. The van der Waals surface area contributed by atoms with Crippen molar-refractivity contribution in [1.29, 1.82) is 5.26 Å². The first-order chi connectivity index (χ1) is 7.95. The monoisotopic (exact) mass is 252 g/mol. The number of thioether (sulfide) groups is 1. The minimum atomic E-state index is -0.479. The van der Waals surface area contributed by atoms with Crippen LogP contribution in [-0.4, -0.2) is 26.8 Å². The number of nitriles is 1. The van der Waals surface area contributed by atoms with Crippen molar-refractivity contribution in [2.24, 2.45) is 0 Å². The van der Waals surface area contributed by atoms with Crippen LogP contribution < -0.4 is 5.32 Å². The van der Waals surface area contributed by atoms with Gasteiger partial charge in [-0.05, 0) is 27.2 Å². The summed E-state index contributed by atoms with van der Waals surface area (Å²) in [5, 5.41) is 13.8. The summed E-state index contributed by atoms with van der Waals surface area (Å²) in [6.07, 6.45) is 4.34. The molecule has 2 atom stereocenters. The van der Waals surface area contributed by atoms with Gasteiger partial charge in [-0.1, -0.05) is 18.7 Å². The predicted octanol–water partition coefficient (Wildman–Crippen LogP) is 2.56. The first-order valence-corrected chi connectivity index (χ1v) is 6.68. The average Bonchev–Trinajstić information content (AvgIpc) is 2.68. The first kappa shape index (κ1) is 14.1. The quantitative estimate of drug-likeness (QED) is 0.764. The van der Waals surface area contributed by atoms with Gasteiger partial charge in [0.15, 0.2) is 5.16 Å². The number of aromatic nitrogens is 2. The van der Waals surface area contributed by atoms with E-state index in [0.29, 0.717) is 11.3 Å². The second kappa shape index (κ2) is 6.08. The molecule has 0 aliphatic heterocycles. The van der Waals surface area contributed by atoms with Crippen molar-refractivity contribution in [3.8, 4) is 6.07 Å². The molecule has 2 N–H and O–H groups in total. The lowest BCUT2D eigenvalue weighted by molar-refractivity contribution is 0.382. The summed E-state index contributed by atoms with van der Waals surface area (Å²) < 4.78 is 0. The Morgan fingerprint density at radius 1 is 1.59 bits per heavy atom. The van der Waals surface area contributed by atoms with E-state index in [2.05, 4.69) is 42.1 Å². The van der Waals surface area contributed by atoms with E-state index in [9.17, 15) is 5.26 Å². The van der Waals surface area contributed by atoms with Gasteiger partial charge in [0.2, 0.25) is 0 Å². The molecule has 0 aliphatic carbocycles. The van der Waals surface area contributed by atoms with Gasteiger partial charge in [-0.3, -0.25) is 5.32 Å². The van der Waals surface area contributed by atoms with Gasteiger partial charge >= 0.3 is 0 Å². The highest BCUT2D eigenvalue weighted by Crippen LogP contribution is 2.26. The van der Waals surface area contributed by atoms with Gasteiger partial charge in [0.05, 0.1) is 6.07 Å². The smallest absolute Gasteiger partial charge is 0.165 e. The Morgan fingerprint density at radius 2 is 2.29 bits per heavy atom. The summed E-state index contributed by atoms with van der Waals surface area (Å²) in [5.41, 5.74) is -0.479. The van der Waals surface area contributed by atoms with Gasteiger partial charge in [0.1, 0.15) is 5.54 Å². The molecule has 0 amide bonds. The molecule has 4 nitrogen and oxygen atoms in total. The fourth-order valence-electron chi connectivity index (χ4n) is 1.90. The molecule has 0 spiro atoms. The fraction of sp³-hybridized carbons (Fsp3) is 0.667. The maximum absolute atomic E-state index is 9.26. The van der Waals surface area contributed by atoms with Crippen molar-refractivity contribution in [2.45, 2.75) is 56.1 Å². The largest absolute Gasteiger partial charge is 0.340 e. The summed E-state index contributed by atoms with van der Waals surface area (Å²) in [7, 11) is 0. The standard InChI is InChI=1S/C12H20N4S/c1-9(2)16-12(4,8-13)7-10(3)17-11-14-5-6-15-11/h5-6,9-10,16H,7H2,1-4H3,(H,14,15). The third-order valence-corrected chi connectivity index (χ3v) is 3.35. The molecule has 0 saturated carbocycles. The Morgan fingerprint density at radius 3 is 2.76 bits per heavy atom. The molecule has 0 fully saturated rings. The van der Waals surface area contributed by atoms with Crippen LogP contribution in [0.4, 0.5) is 0 Å². The number of nitrogens with one attached hydrogen (secondary N) is 2. The van der Waals surface area contributed by atoms with Crippen LogP contribution in [0.5, 0.6) is 0 Å². The molecule has 0 radical (unpaired) electrons. The average molecular weight is 252 g/mol. The van der Waals surface area contributed by atoms with Crippen LogP contribution in [0.25, 0.3) is 0 Å². The molecule has 5 heteroatoms. The van der Waals surface area contributed by atoms with Crippen LogP contribution in [0, 0.1) is 11.3 Å². The van der Waals surface area contributed by atoms with E-state index < -0.39 is 5.54 Å². The molecular weight excluding hydrogens is 232 g/mol. The normalized spacial score (nSPS) is 16.5. The lowest BCUT2D eigenvalue weighted by atomic mass is 9.97. The topological polar surface area (TPSA) is 64.5 Å². The first-order valence-electron chi connectivity index (χ1n) is 5.80. The van der Waals surface area contributed by atoms with Crippen molar-refractivity contribution in [2.75, 3.05) is 0 Å². The number of H-pyrrole nitrogens is 1. The zero-order chi connectivity index (χ0) is 12.9. The number of nitrogens with zero attached hydrogens (tertiary/aromatic N) is 2. The molecule has 0 bridgehead atoms. The highest BCUT2D eigenvalue weighted by atomic mass is 32.2. The summed E-state index contributed by atoms with van der Waals surface area (Å²) in [5.74, 6) is 0. The van der Waals surface area contributed by atoms with Crippen LogP contribution in [0.3, 0.4) is 0 Å². The van der Waals surface area contributed by atoms with Gasteiger partial charge in [-0.15, -0.1) is 0 Å². The Hall–Kier alpha value is -0.990. The number of imidazole rings is 1. The third-order valence-electron chi connectivity index (χ3n) is 2.34. The van der Waals surface area contributed by atoms with E-state index in [-0.39, 0.29) is 0 Å². The molecule has 0 saturated heterocycles. The van der Waals surface area contributed by atoms with E-state index in [1.165, 1.54) is 0 Å². The van der Waals surface area contributed by atoms with Crippen molar-refractivity contribution in [3.63, 3.8) is 0 Å². The molecule has 0 aromatic carbocycles. The van der Waals surface area contributed by atoms with Crippen LogP contribution in [0.2, 0.25) is 0 Å². The Labute approximate surface area is 107 Å². The Balaban J connectivity index is 2.53. The molecule has 0 aliphatic rings. The van der Waals surface area contributed by atoms with E-state index in [0.717, 1.165) is 11.6 Å². The summed E-state index contributed by atoms with van der Waals surface area (Å²) in [6, 6.07) is 2.67. The van der Waals surface area contributed by atoms with Gasteiger partial charge in [-0.25, -0.2) is 4.98 Å². The van der Waals surface area contributed by atoms with Gasteiger partial charge in [0.25, 0.3) is 0 Å². The van der Waals surface area contributed by atoms with E-state index in [4.69, 9.17) is 0 Å². The van der Waals surface area contributed by atoms with Crippen molar-refractivity contribution in [1.82, 2.24) is 15.3 Å². The number of rotatable bonds is 6. The van der Waals surface area contributed by atoms with Crippen molar-refractivity contribution in [3.05, 3.63) is 12.4 Å². The highest BCUT2D eigenvalue weighted by Gasteiger charge is 2.27. The number of hydrogen-bond acceptors (Lipinski definition) is 4. The minimum Gasteiger partial charge on any atom is -0.340 e. The zero-order valence-electron chi connectivity index (χ0n) is 10.8. The maximum atomic E-state index is 9.26. The van der Waals surface area contributed by atoms with Crippen LogP contribution in [-0.2, 0) is 0 Å². The molecule has 94 valence electrons. The van der Waals surface area contributed by atoms with Gasteiger partial charge < -0.3 is 4.98 Å². The van der Waals surface area contributed by atoms with E-state index >= 15 is 0 Å². The molecule has 1 aromatic rings. The predicted molar refractivity (Wildman–Crippen MR) is 70.8 cm³/mol. The number of aromatic amines is 1. The molecule has 2 unspecified atom stereocenters. The Bertz CT molecular complexity index is 368. The molecule has 1 aromatic heterocycles. The lowest BCUT2D eigenvalue weighted by Gasteiger charge is -2.28. The van der Waals surface area contributed by atoms with Crippen LogP contribution in [0.1, 0.15) is 34.1 Å². The van der Waals surface area contributed by atoms with Crippen LogP contribution in [0.15, 0.2) is 17.6 Å². The highest BCUT2D eigenvalue weighted by molar-refractivity contribution is 7.99. The SMILES string of the molecule is CC(C)NC(C)(C#N)CC(C)Sc1ncc[nH]1. The zero-order valence-corrected chi connectivity index (χ0v) is 11.6. The second-order valence-electron chi connectivity index (χ2n) is 4.77. The van der Waals surface area contributed by atoms with Gasteiger partial charge in [-0.2, -0.15) is 5.26 Å². The molecular formula is C12H20N4S. The maximum Gasteiger partial charge on any atom is 0.165 e. The van der Waals surface area contributed by atoms with Crippen LogP contribution >= 0.6 is 11.8 Å². The third kappa shape index (κ3) is 4.80. The minimum absolute atomic E-state index is 0.306. The van der Waals surface area contributed by atoms with Gasteiger partial charge in [0, 0.05) is 23.7 Å². The Kier molecular flexibility index (Phi) is 5.03. The summed E-state index contributed by atoms with van der Waals surface area (Å²) in [6.45, 7) is 8.18. The molecule has 17 heavy (non-hydrogen) atoms. The van der Waals surface area contributed by atoms with Crippen molar-refractivity contribution >= 4 is 11.8 Å². The second-order valence-corrected chi connectivity index (χ2v) is 6.20.